The van der Waals surface area contributed by atoms with Crippen molar-refractivity contribution in [3.63, 3.8) is 0 Å². The topological polar surface area (TPSA) is 73.8 Å². The lowest BCUT2D eigenvalue weighted by atomic mass is 10.0. The molecule has 0 saturated carbocycles. The van der Waals surface area contributed by atoms with Crippen LogP contribution in [0.3, 0.4) is 0 Å². The van der Waals surface area contributed by atoms with Gasteiger partial charge in [0.1, 0.15) is 0 Å². The normalized spacial score (nSPS) is 11.2. The van der Waals surface area contributed by atoms with Gasteiger partial charge in [-0.2, -0.15) is 5.10 Å². The first-order valence-electron chi connectivity index (χ1n) is 10.7. The van der Waals surface area contributed by atoms with Gasteiger partial charge in [0.05, 0.1) is 30.6 Å². The number of benzene rings is 2. The van der Waals surface area contributed by atoms with Crippen LogP contribution in [0, 0.1) is 24.0 Å². The fourth-order valence-corrected chi connectivity index (χ4v) is 6.17. The van der Waals surface area contributed by atoms with E-state index in [0.29, 0.717) is 22.0 Å². The number of hydrogen-bond donors (Lipinski definition) is 0. The lowest BCUT2D eigenvalue weighted by Crippen LogP contribution is -2.00. The lowest BCUT2D eigenvalue weighted by molar-refractivity contribution is -0.385. The summed E-state index contributed by atoms with van der Waals surface area (Å²) in [5, 5.41) is 18.0. The molecule has 0 saturated heterocycles. The van der Waals surface area contributed by atoms with Gasteiger partial charge in [0.2, 0.25) is 5.13 Å². The Hall–Kier alpha value is -2.39. The molecule has 0 aliphatic heterocycles. The van der Waals surface area contributed by atoms with E-state index in [1.165, 1.54) is 6.07 Å². The highest BCUT2D eigenvalue weighted by molar-refractivity contribution is 8.01. The predicted octanol–water partition coefficient (Wildman–Crippen LogP) is 7.92. The summed E-state index contributed by atoms with van der Waals surface area (Å²) in [7, 11) is 0. The van der Waals surface area contributed by atoms with Gasteiger partial charge in [0, 0.05) is 34.9 Å². The number of halogens is 2. The van der Waals surface area contributed by atoms with Crippen LogP contribution in [0.5, 0.6) is 0 Å². The number of hydrogen-bond acceptors (Lipinski definition) is 6. The van der Waals surface area contributed by atoms with Crippen LogP contribution in [0.2, 0.25) is 10.0 Å². The molecule has 0 unspecified atom stereocenters. The minimum absolute atomic E-state index is 0.114. The second-order valence-corrected chi connectivity index (χ2v) is 10.9. The molecule has 0 spiro atoms. The highest BCUT2D eigenvalue weighted by atomic mass is 35.5. The monoisotopic (exact) mass is 532 g/mol. The summed E-state index contributed by atoms with van der Waals surface area (Å²) in [6, 6.07) is 12.4. The third kappa shape index (κ3) is 5.00. The summed E-state index contributed by atoms with van der Waals surface area (Å²) in [6.45, 7) is 6.04. The van der Waals surface area contributed by atoms with Crippen LogP contribution < -0.4 is 0 Å². The van der Waals surface area contributed by atoms with Gasteiger partial charge in [0.25, 0.3) is 5.69 Å². The van der Waals surface area contributed by atoms with E-state index in [4.69, 9.17) is 33.3 Å². The Kier molecular flexibility index (Phi) is 7.62. The van der Waals surface area contributed by atoms with Gasteiger partial charge in [-0.05, 0) is 38.2 Å². The van der Waals surface area contributed by atoms with Crippen LogP contribution >= 0.6 is 46.3 Å². The largest absolute Gasteiger partial charge is 0.272 e. The molecule has 0 atom stereocenters. The fraction of sp³-hybridized carbons (Fsp3) is 0.250. The zero-order valence-corrected chi connectivity index (χ0v) is 22.0. The van der Waals surface area contributed by atoms with Crippen molar-refractivity contribution in [2.24, 2.45) is 0 Å². The van der Waals surface area contributed by atoms with Gasteiger partial charge >= 0.3 is 0 Å². The van der Waals surface area contributed by atoms with Crippen LogP contribution in [0.1, 0.15) is 35.9 Å². The molecule has 0 bridgehead atoms. The molecular formula is C24H22Cl2N4O2S2. The highest BCUT2D eigenvalue weighted by Crippen LogP contribution is 2.40. The standard InChI is InChI=1S/C24H22Cl2N4O2S2/c1-4-11-33-23-22(17-9-10-19(25)20(26)13-17)27-24(34-23)29-15(3)18(14(2)28-29)12-16-7-5-6-8-21(16)30(31)32/h5-10,13H,4,11-12H2,1-3H3. The van der Waals surface area contributed by atoms with Crippen LogP contribution in [0.25, 0.3) is 16.4 Å². The minimum Gasteiger partial charge on any atom is -0.258 e. The summed E-state index contributed by atoms with van der Waals surface area (Å²) in [5.74, 6) is 0.968. The molecule has 4 rings (SSSR count). The van der Waals surface area contributed by atoms with Crippen LogP contribution in [-0.2, 0) is 6.42 Å². The first kappa shape index (κ1) is 24.7. The molecule has 176 valence electrons. The summed E-state index contributed by atoms with van der Waals surface area (Å²) in [4.78, 5) is 16.1. The Balaban J connectivity index is 1.76. The Morgan fingerprint density at radius 3 is 2.62 bits per heavy atom. The van der Waals surface area contributed by atoms with Crippen molar-refractivity contribution < 1.29 is 4.92 Å². The molecule has 2 heterocycles. The van der Waals surface area contributed by atoms with Crippen molar-refractivity contribution in [1.82, 2.24) is 14.8 Å². The molecule has 34 heavy (non-hydrogen) atoms. The molecule has 2 aromatic heterocycles. The summed E-state index contributed by atoms with van der Waals surface area (Å²) in [6.07, 6.45) is 1.47. The molecule has 6 nitrogen and oxygen atoms in total. The molecular weight excluding hydrogens is 511 g/mol. The third-order valence-electron chi connectivity index (χ3n) is 5.39. The van der Waals surface area contributed by atoms with Gasteiger partial charge in [-0.3, -0.25) is 10.1 Å². The van der Waals surface area contributed by atoms with E-state index in [9.17, 15) is 10.1 Å². The van der Waals surface area contributed by atoms with Crippen LogP contribution in [0.15, 0.2) is 46.7 Å². The number of para-hydroxylation sites is 1. The van der Waals surface area contributed by atoms with E-state index < -0.39 is 0 Å². The molecule has 0 aliphatic carbocycles. The van der Waals surface area contributed by atoms with Crippen molar-refractivity contribution in [3.05, 3.63) is 85.1 Å². The maximum Gasteiger partial charge on any atom is 0.272 e. The van der Waals surface area contributed by atoms with Crippen molar-refractivity contribution in [1.29, 1.82) is 0 Å². The zero-order valence-electron chi connectivity index (χ0n) is 18.8. The van der Waals surface area contributed by atoms with E-state index >= 15 is 0 Å². The Labute approximate surface area is 216 Å². The van der Waals surface area contributed by atoms with Gasteiger partial charge in [0.15, 0.2) is 0 Å². The molecule has 4 aromatic rings. The molecule has 2 aromatic carbocycles. The van der Waals surface area contributed by atoms with Crippen molar-refractivity contribution >= 4 is 52.0 Å². The predicted molar refractivity (Wildman–Crippen MR) is 141 cm³/mol. The fourth-order valence-electron chi connectivity index (χ4n) is 3.65. The minimum atomic E-state index is -0.341. The summed E-state index contributed by atoms with van der Waals surface area (Å²) in [5.41, 5.74) is 5.23. The van der Waals surface area contributed by atoms with E-state index in [-0.39, 0.29) is 10.6 Å². The Morgan fingerprint density at radius 2 is 1.91 bits per heavy atom. The smallest absolute Gasteiger partial charge is 0.258 e. The average molecular weight is 534 g/mol. The van der Waals surface area contributed by atoms with E-state index in [1.54, 1.807) is 41.3 Å². The highest BCUT2D eigenvalue weighted by Gasteiger charge is 2.22. The summed E-state index contributed by atoms with van der Waals surface area (Å²) >= 11 is 15.7. The molecule has 10 heteroatoms. The quantitative estimate of drug-likeness (QED) is 0.131. The number of nitrogens with zero attached hydrogens (tertiary/aromatic N) is 4. The second-order valence-electron chi connectivity index (χ2n) is 7.73. The Bertz CT molecular complexity index is 1370. The average Bonchev–Trinajstić information content (AvgIpc) is 3.36. The van der Waals surface area contributed by atoms with Crippen LogP contribution in [-0.4, -0.2) is 25.4 Å². The maximum absolute atomic E-state index is 11.5. The third-order valence-corrected chi connectivity index (χ3v) is 8.63. The number of rotatable bonds is 8. The first-order valence-corrected chi connectivity index (χ1v) is 13.2. The van der Waals surface area contributed by atoms with E-state index in [1.807, 2.05) is 36.7 Å². The van der Waals surface area contributed by atoms with E-state index in [2.05, 4.69) is 6.92 Å². The second kappa shape index (κ2) is 10.5. The molecule has 0 radical (unpaired) electrons. The first-order chi connectivity index (χ1) is 16.3. The SMILES string of the molecule is CCCSc1sc(-n2nc(C)c(Cc3ccccc3[N+](=O)[O-])c2C)nc1-c1ccc(Cl)c(Cl)c1. The number of aromatic nitrogens is 3. The maximum atomic E-state index is 11.5. The molecule has 0 fully saturated rings. The number of thioether (sulfide) groups is 1. The molecule has 0 N–H and O–H groups in total. The van der Waals surface area contributed by atoms with Gasteiger partial charge < -0.3 is 0 Å². The Morgan fingerprint density at radius 1 is 1.15 bits per heavy atom. The van der Waals surface area contributed by atoms with Gasteiger partial charge in [-0.15, -0.1) is 11.8 Å². The molecule has 0 amide bonds. The lowest BCUT2D eigenvalue weighted by Gasteiger charge is -2.04. The molecule has 0 aliphatic rings. The number of nitro benzene ring substituents is 1. The van der Waals surface area contributed by atoms with Gasteiger partial charge in [-0.1, -0.05) is 65.7 Å². The summed E-state index contributed by atoms with van der Waals surface area (Å²) < 4.78 is 2.92. The number of aryl methyl sites for hydroxylation is 1. The van der Waals surface area contributed by atoms with Crippen molar-refractivity contribution in [3.8, 4) is 16.4 Å². The number of nitro groups is 1. The van der Waals surface area contributed by atoms with Crippen molar-refractivity contribution in [2.45, 2.75) is 37.8 Å². The van der Waals surface area contributed by atoms with Crippen molar-refractivity contribution in [2.75, 3.05) is 5.75 Å². The zero-order chi connectivity index (χ0) is 24.4. The van der Waals surface area contributed by atoms with Crippen LogP contribution in [0.4, 0.5) is 5.69 Å². The van der Waals surface area contributed by atoms with E-state index in [0.717, 1.165) is 49.7 Å². The number of thiazole rings is 1. The van der Waals surface area contributed by atoms with Gasteiger partial charge in [-0.25, -0.2) is 9.67 Å².